The first-order valence-corrected chi connectivity index (χ1v) is 4.53. The number of hydrogen-bond acceptors (Lipinski definition) is 5. The van der Waals surface area contributed by atoms with E-state index in [9.17, 15) is 4.79 Å². The molecular weight excluding hydrogens is 196 g/mol. The van der Waals surface area contributed by atoms with Gasteiger partial charge < -0.3 is 15.0 Å². The Labute approximate surface area is 85.0 Å². The summed E-state index contributed by atoms with van der Waals surface area (Å²) in [5, 5.41) is 3.12. The van der Waals surface area contributed by atoms with E-state index in [0.29, 0.717) is 17.9 Å². The van der Waals surface area contributed by atoms with Gasteiger partial charge in [-0.15, -0.1) is 0 Å². The van der Waals surface area contributed by atoms with E-state index in [-0.39, 0.29) is 10.9 Å². The molecule has 0 fully saturated rings. The monoisotopic (exact) mass is 206 g/mol. The first kappa shape index (κ1) is 9.45. The van der Waals surface area contributed by atoms with E-state index in [2.05, 4.69) is 20.3 Å². The predicted molar refractivity (Wildman–Crippen MR) is 54.5 cm³/mol. The van der Waals surface area contributed by atoms with Gasteiger partial charge in [0.05, 0.1) is 6.61 Å². The molecule has 0 spiro atoms. The van der Waals surface area contributed by atoms with Gasteiger partial charge in [-0.1, -0.05) is 0 Å². The molecule has 2 heterocycles. The van der Waals surface area contributed by atoms with Gasteiger partial charge in [0.2, 0.25) is 0 Å². The zero-order valence-corrected chi connectivity index (χ0v) is 8.15. The van der Waals surface area contributed by atoms with Crippen molar-refractivity contribution >= 4 is 12.1 Å². The summed E-state index contributed by atoms with van der Waals surface area (Å²) >= 11 is 0. The first-order valence-electron chi connectivity index (χ1n) is 4.53. The van der Waals surface area contributed by atoms with Crippen molar-refractivity contribution in [3.05, 3.63) is 33.6 Å². The van der Waals surface area contributed by atoms with Crippen molar-refractivity contribution < 1.29 is 4.74 Å². The van der Waals surface area contributed by atoms with Crippen LogP contribution in [-0.2, 0) is 4.74 Å². The van der Waals surface area contributed by atoms with Crippen molar-refractivity contribution in [1.82, 2.24) is 9.97 Å². The SMILES string of the molecule is CCOC=c1nc2c(c(=O)[nH]1)=NC=CN2. The molecule has 2 rings (SSSR count). The summed E-state index contributed by atoms with van der Waals surface area (Å²) < 4.78 is 5.03. The topological polar surface area (TPSA) is 79.4 Å². The summed E-state index contributed by atoms with van der Waals surface area (Å²) in [4.78, 5) is 22.1. The maximum absolute atomic E-state index is 11.5. The maximum atomic E-state index is 11.5. The minimum Gasteiger partial charge on any atom is -0.498 e. The molecule has 15 heavy (non-hydrogen) atoms. The van der Waals surface area contributed by atoms with Gasteiger partial charge in [0, 0.05) is 12.4 Å². The molecule has 1 aromatic rings. The highest BCUT2D eigenvalue weighted by molar-refractivity contribution is 5.37. The molecule has 0 aromatic carbocycles. The van der Waals surface area contributed by atoms with E-state index in [1.165, 1.54) is 12.5 Å². The number of aromatic amines is 1. The molecule has 0 atom stereocenters. The third kappa shape index (κ3) is 1.88. The van der Waals surface area contributed by atoms with E-state index >= 15 is 0 Å². The molecule has 1 aromatic heterocycles. The summed E-state index contributed by atoms with van der Waals surface area (Å²) in [6, 6.07) is 0. The Morgan fingerprint density at radius 1 is 1.60 bits per heavy atom. The van der Waals surface area contributed by atoms with Crippen molar-refractivity contribution in [1.29, 1.82) is 0 Å². The minimum atomic E-state index is -0.289. The molecule has 2 N–H and O–H groups in total. The van der Waals surface area contributed by atoms with Crippen molar-refractivity contribution in [3.8, 4) is 0 Å². The average molecular weight is 206 g/mol. The van der Waals surface area contributed by atoms with E-state index in [0.717, 1.165) is 0 Å². The fraction of sp³-hybridized carbons (Fsp3) is 0.222. The Balaban J connectivity index is 2.59. The van der Waals surface area contributed by atoms with Crippen LogP contribution in [0.2, 0.25) is 0 Å². The zero-order chi connectivity index (χ0) is 10.7. The molecular formula is C9H10N4O2. The first-order chi connectivity index (χ1) is 7.31. The maximum Gasteiger partial charge on any atom is 0.279 e. The highest BCUT2D eigenvalue weighted by atomic mass is 16.5. The van der Waals surface area contributed by atoms with Gasteiger partial charge >= 0.3 is 0 Å². The van der Waals surface area contributed by atoms with Crippen LogP contribution in [0.4, 0.5) is 5.82 Å². The van der Waals surface area contributed by atoms with Crippen LogP contribution in [0.3, 0.4) is 0 Å². The van der Waals surface area contributed by atoms with Crippen LogP contribution < -0.4 is 21.7 Å². The molecule has 0 saturated carbocycles. The summed E-state index contributed by atoms with van der Waals surface area (Å²) in [6.07, 6.45) is 4.52. The van der Waals surface area contributed by atoms with Gasteiger partial charge in [0.15, 0.2) is 16.7 Å². The number of nitrogens with one attached hydrogen (secondary N) is 2. The molecule has 0 amide bonds. The highest BCUT2D eigenvalue weighted by Crippen LogP contribution is 1.91. The number of nitrogens with zero attached hydrogens (tertiary/aromatic N) is 2. The molecule has 0 aliphatic carbocycles. The smallest absolute Gasteiger partial charge is 0.279 e. The van der Waals surface area contributed by atoms with Crippen LogP contribution in [0.1, 0.15) is 6.92 Å². The minimum absolute atomic E-state index is 0.283. The third-order valence-corrected chi connectivity index (χ3v) is 1.77. The lowest BCUT2D eigenvalue weighted by molar-refractivity contribution is 0.314. The molecule has 0 saturated heterocycles. The number of H-pyrrole nitrogens is 1. The van der Waals surface area contributed by atoms with E-state index in [4.69, 9.17) is 4.74 Å². The Bertz CT molecular complexity index is 558. The van der Waals surface area contributed by atoms with Crippen LogP contribution in [0, 0.1) is 0 Å². The largest absolute Gasteiger partial charge is 0.498 e. The lowest BCUT2D eigenvalue weighted by atomic mass is 10.5. The number of ether oxygens (including phenoxy) is 1. The van der Waals surface area contributed by atoms with Crippen LogP contribution in [0.25, 0.3) is 6.26 Å². The standard InChI is InChI=1S/C9H10N4O2/c1-2-15-5-6-12-8-7(9(14)13-6)10-3-4-11-8/h3-5H,2H2,1H3,(H,11,12)(H,13,14). The lowest BCUT2D eigenvalue weighted by Gasteiger charge is -2.02. The fourth-order valence-corrected chi connectivity index (χ4v) is 1.15. The van der Waals surface area contributed by atoms with Crippen molar-refractivity contribution in [2.75, 3.05) is 11.9 Å². The highest BCUT2D eigenvalue weighted by Gasteiger charge is 2.03. The Hall–Kier alpha value is -2.11. The summed E-state index contributed by atoms with van der Waals surface area (Å²) in [7, 11) is 0. The Kier molecular flexibility index (Phi) is 2.49. The second kappa shape index (κ2) is 3.95. The summed E-state index contributed by atoms with van der Waals surface area (Å²) in [5.74, 6) is 0.437. The number of hydrogen-bond donors (Lipinski definition) is 2. The number of anilines is 1. The summed E-state index contributed by atoms with van der Waals surface area (Å²) in [6.45, 7) is 2.38. The van der Waals surface area contributed by atoms with Gasteiger partial charge in [0.25, 0.3) is 5.56 Å². The molecule has 0 radical (unpaired) electrons. The van der Waals surface area contributed by atoms with Crippen molar-refractivity contribution in [2.45, 2.75) is 6.92 Å². The van der Waals surface area contributed by atoms with Crippen LogP contribution in [0.15, 0.2) is 22.2 Å². The number of rotatable bonds is 2. The fourth-order valence-electron chi connectivity index (χ4n) is 1.15. The molecule has 78 valence electrons. The average Bonchev–Trinajstić information content (AvgIpc) is 2.26. The second-order valence-corrected chi connectivity index (χ2v) is 2.81. The van der Waals surface area contributed by atoms with Gasteiger partial charge in [-0.05, 0) is 6.92 Å². The van der Waals surface area contributed by atoms with Crippen LogP contribution in [-0.4, -0.2) is 16.6 Å². The predicted octanol–water partition coefficient (Wildman–Crippen LogP) is -0.939. The number of fused-ring (bicyclic) bond motifs is 1. The molecule has 0 bridgehead atoms. The van der Waals surface area contributed by atoms with E-state index < -0.39 is 0 Å². The molecule has 6 heteroatoms. The van der Waals surface area contributed by atoms with Crippen LogP contribution in [0.5, 0.6) is 0 Å². The van der Waals surface area contributed by atoms with Gasteiger partial charge in [-0.2, -0.15) is 0 Å². The van der Waals surface area contributed by atoms with Crippen molar-refractivity contribution in [2.24, 2.45) is 4.99 Å². The molecule has 1 aliphatic rings. The number of aromatic nitrogens is 2. The van der Waals surface area contributed by atoms with E-state index in [1.807, 2.05) is 6.92 Å². The Morgan fingerprint density at radius 3 is 3.27 bits per heavy atom. The Morgan fingerprint density at radius 2 is 2.47 bits per heavy atom. The van der Waals surface area contributed by atoms with Crippen molar-refractivity contribution in [3.63, 3.8) is 0 Å². The molecule has 6 nitrogen and oxygen atoms in total. The van der Waals surface area contributed by atoms with Gasteiger partial charge in [-0.3, -0.25) is 4.79 Å². The third-order valence-electron chi connectivity index (χ3n) is 1.77. The zero-order valence-electron chi connectivity index (χ0n) is 8.15. The second-order valence-electron chi connectivity index (χ2n) is 2.81. The van der Waals surface area contributed by atoms with Gasteiger partial charge in [-0.25, -0.2) is 9.98 Å². The summed E-state index contributed by atoms with van der Waals surface area (Å²) in [5.41, 5.74) is 0.0846. The molecule has 0 unspecified atom stereocenters. The van der Waals surface area contributed by atoms with Gasteiger partial charge in [0.1, 0.15) is 6.26 Å². The molecule has 1 aliphatic heterocycles. The quantitative estimate of drug-likeness (QED) is 0.654. The normalized spacial score (nSPS) is 14.1. The van der Waals surface area contributed by atoms with E-state index in [1.54, 1.807) is 6.20 Å². The van der Waals surface area contributed by atoms with Crippen LogP contribution >= 0.6 is 0 Å². The lowest BCUT2D eigenvalue weighted by Crippen LogP contribution is -2.38.